The molecule has 2 aromatic heterocycles. The molecular formula is C15H13FN2O3S. The first kappa shape index (κ1) is 14.7. The Morgan fingerprint density at radius 1 is 1.32 bits per heavy atom. The second kappa shape index (κ2) is 6.25. The summed E-state index contributed by atoms with van der Waals surface area (Å²) in [5.74, 6) is 0.106. The first-order valence-electron chi connectivity index (χ1n) is 6.62. The smallest absolute Gasteiger partial charge is 0.271 e. The van der Waals surface area contributed by atoms with Gasteiger partial charge in [-0.25, -0.2) is 9.37 Å². The quantitative estimate of drug-likeness (QED) is 0.781. The Labute approximate surface area is 129 Å². The Morgan fingerprint density at radius 2 is 2.09 bits per heavy atom. The summed E-state index contributed by atoms with van der Waals surface area (Å²) in [5.41, 5.74) is 0.476. The third-order valence-corrected chi connectivity index (χ3v) is 3.99. The van der Waals surface area contributed by atoms with Crippen LogP contribution in [0.1, 0.15) is 0 Å². The largest absolute Gasteiger partial charge is 0.491 e. The van der Waals surface area contributed by atoms with Crippen molar-refractivity contribution in [1.29, 1.82) is 0 Å². The summed E-state index contributed by atoms with van der Waals surface area (Å²) in [5, 5.41) is 11.8. The fourth-order valence-corrected chi connectivity index (χ4v) is 2.80. The molecule has 0 bridgehead atoms. The highest BCUT2D eigenvalue weighted by atomic mass is 32.1. The van der Waals surface area contributed by atoms with Gasteiger partial charge in [-0.1, -0.05) is 0 Å². The van der Waals surface area contributed by atoms with Crippen molar-refractivity contribution in [2.45, 2.75) is 12.6 Å². The minimum atomic E-state index is -0.873. The molecule has 0 unspecified atom stereocenters. The normalized spacial score (nSPS) is 12.5. The van der Waals surface area contributed by atoms with Crippen LogP contribution in [0.5, 0.6) is 5.75 Å². The molecule has 0 amide bonds. The van der Waals surface area contributed by atoms with Crippen molar-refractivity contribution in [3.63, 3.8) is 0 Å². The summed E-state index contributed by atoms with van der Waals surface area (Å²) < 4.78 is 20.0. The van der Waals surface area contributed by atoms with E-state index < -0.39 is 6.10 Å². The van der Waals surface area contributed by atoms with E-state index in [-0.39, 0.29) is 24.5 Å². The zero-order valence-electron chi connectivity index (χ0n) is 11.5. The van der Waals surface area contributed by atoms with Gasteiger partial charge in [0, 0.05) is 0 Å². The van der Waals surface area contributed by atoms with Crippen molar-refractivity contribution in [3.8, 4) is 5.75 Å². The number of halogens is 1. The second-order valence-corrected chi connectivity index (χ2v) is 5.67. The summed E-state index contributed by atoms with van der Waals surface area (Å²) >= 11 is 1.32. The van der Waals surface area contributed by atoms with Gasteiger partial charge in [0.15, 0.2) is 0 Å². The molecule has 0 aliphatic carbocycles. The number of hydrogen-bond acceptors (Lipinski definition) is 5. The molecule has 2 heterocycles. The van der Waals surface area contributed by atoms with E-state index in [9.17, 15) is 14.3 Å². The molecule has 5 nitrogen and oxygen atoms in total. The summed E-state index contributed by atoms with van der Waals surface area (Å²) in [4.78, 5) is 16.3. The molecule has 0 radical (unpaired) electrons. The predicted molar refractivity (Wildman–Crippen MR) is 81.8 cm³/mol. The van der Waals surface area contributed by atoms with Crippen molar-refractivity contribution < 1.29 is 14.2 Å². The Morgan fingerprint density at radius 3 is 2.86 bits per heavy atom. The molecule has 0 spiro atoms. The van der Waals surface area contributed by atoms with Gasteiger partial charge in [0.1, 0.15) is 29.0 Å². The number of benzene rings is 1. The van der Waals surface area contributed by atoms with Crippen molar-refractivity contribution >= 4 is 21.6 Å². The Kier molecular flexibility index (Phi) is 4.17. The molecule has 0 aliphatic rings. The Balaban J connectivity index is 1.65. The van der Waals surface area contributed by atoms with Crippen molar-refractivity contribution in [1.82, 2.24) is 9.55 Å². The van der Waals surface area contributed by atoms with Gasteiger partial charge in [-0.05, 0) is 35.7 Å². The summed E-state index contributed by atoms with van der Waals surface area (Å²) in [6.45, 7) is 0.0847. The van der Waals surface area contributed by atoms with Crippen molar-refractivity contribution in [2.75, 3.05) is 6.61 Å². The number of nitrogens with zero attached hydrogens (tertiary/aromatic N) is 2. The predicted octanol–water partition coefficient (Wildman–Crippen LogP) is 2.04. The molecule has 0 saturated heterocycles. The van der Waals surface area contributed by atoms with E-state index in [1.54, 1.807) is 11.4 Å². The van der Waals surface area contributed by atoms with Gasteiger partial charge in [0.05, 0.1) is 18.4 Å². The van der Waals surface area contributed by atoms with Crippen molar-refractivity contribution in [3.05, 3.63) is 58.2 Å². The number of fused-ring (bicyclic) bond motifs is 1. The Bertz CT molecular complexity index is 829. The van der Waals surface area contributed by atoms with Crippen LogP contribution < -0.4 is 10.3 Å². The molecule has 1 aromatic carbocycles. The summed E-state index contributed by atoms with van der Waals surface area (Å²) in [7, 11) is 0. The third kappa shape index (κ3) is 3.15. The SMILES string of the molecule is O=c1c2sccc2ncn1C[C@@H](O)COc1ccc(F)cc1. The third-order valence-electron chi connectivity index (χ3n) is 3.10. The van der Waals surface area contributed by atoms with Crippen LogP contribution in [-0.4, -0.2) is 27.4 Å². The number of ether oxygens (including phenoxy) is 1. The van der Waals surface area contributed by atoms with Gasteiger partial charge in [-0.3, -0.25) is 9.36 Å². The van der Waals surface area contributed by atoms with Gasteiger partial charge in [0.2, 0.25) is 0 Å². The van der Waals surface area contributed by atoms with Crippen molar-refractivity contribution in [2.24, 2.45) is 0 Å². The maximum atomic E-state index is 12.8. The monoisotopic (exact) mass is 320 g/mol. The number of thiophene rings is 1. The van der Waals surface area contributed by atoms with Crippen LogP contribution in [-0.2, 0) is 6.54 Å². The first-order valence-corrected chi connectivity index (χ1v) is 7.50. The van der Waals surface area contributed by atoms with Crippen LogP contribution in [0.15, 0.2) is 46.8 Å². The van der Waals surface area contributed by atoms with E-state index in [2.05, 4.69) is 4.98 Å². The van der Waals surface area contributed by atoms with Gasteiger partial charge in [-0.15, -0.1) is 11.3 Å². The minimum Gasteiger partial charge on any atom is -0.491 e. The molecule has 0 aliphatic heterocycles. The van der Waals surface area contributed by atoms with E-state index in [1.165, 1.54) is 46.5 Å². The second-order valence-electron chi connectivity index (χ2n) is 4.76. The Hall–Kier alpha value is -2.25. The zero-order chi connectivity index (χ0) is 15.5. The molecule has 1 atom stereocenters. The molecule has 7 heteroatoms. The van der Waals surface area contributed by atoms with Gasteiger partial charge >= 0.3 is 0 Å². The first-order chi connectivity index (χ1) is 10.6. The molecule has 0 fully saturated rings. The fraction of sp³-hybridized carbons (Fsp3) is 0.200. The lowest BCUT2D eigenvalue weighted by Crippen LogP contribution is -2.30. The van der Waals surface area contributed by atoms with E-state index in [1.807, 2.05) is 0 Å². The maximum absolute atomic E-state index is 12.8. The van der Waals surface area contributed by atoms with E-state index in [0.29, 0.717) is 16.0 Å². The molecule has 114 valence electrons. The summed E-state index contributed by atoms with van der Waals surface area (Å²) in [6, 6.07) is 7.29. The molecular weight excluding hydrogens is 307 g/mol. The van der Waals surface area contributed by atoms with Gasteiger partial charge < -0.3 is 9.84 Å². The van der Waals surface area contributed by atoms with Crippen LogP contribution in [0.25, 0.3) is 10.2 Å². The number of aliphatic hydroxyl groups excluding tert-OH is 1. The lowest BCUT2D eigenvalue weighted by atomic mass is 10.3. The lowest BCUT2D eigenvalue weighted by molar-refractivity contribution is 0.0914. The lowest BCUT2D eigenvalue weighted by Gasteiger charge is -2.13. The van der Waals surface area contributed by atoms with Crippen LogP contribution in [0.4, 0.5) is 4.39 Å². The fourth-order valence-electron chi connectivity index (χ4n) is 2.01. The summed E-state index contributed by atoms with van der Waals surface area (Å²) in [6.07, 6.45) is 0.542. The van der Waals surface area contributed by atoms with Gasteiger partial charge in [0.25, 0.3) is 5.56 Å². The van der Waals surface area contributed by atoms with E-state index in [4.69, 9.17) is 4.74 Å². The van der Waals surface area contributed by atoms with E-state index >= 15 is 0 Å². The van der Waals surface area contributed by atoms with Crippen LogP contribution in [0, 0.1) is 5.82 Å². The van der Waals surface area contributed by atoms with Crippen LogP contribution in [0.2, 0.25) is 0 Å². The molecule has 1 N–H and O–H groups in total. The zero-order valence-corrected chi connectivity index (χ0v) is 12.3. The maximum Gasteiger partial charge on any atom is 0.271 e. The average molecular weight is 320 g/mol. The number of aliphatic hydroxyl groups is 1. The number of hydrogen-bond donors (Lipinski definition) is 1. The molecule has 0 saturated carbocycles. The van der Waals surface area contributed by atoms with Gasteiger partial charge in [-0.2, -0.15) is 0 Å². The highest BCUT2D eigenvalue weighted by Gasteiger charge is 2.11. The highest BCUT2D eigenvalue weighted by molar-refractivity contribution is 7.17. The molecule has 3 rings (SSSR count). The standard InChI is InChI=1S/C15H13FN2O3S/c16-10-1-3-12(4-2-10)21-8-11(19)7-18-9-17-13-5-6-22-14(13)15(18)20/h1-6,9,11,19H,7-8H2/t11-/m1/s1. The molecule has 3 aromatic rings. The molecule has 22 heavy (non-hydrogen) atoms. The number of rotatable bonds is 5. The number of aromatic nitrogens is 2. The topological polar surface area (TPSA) is 64.4 Å². The van der Waals surface area contributed by atoms with Crippen LogP contribution >= 0.6 is 11.3 Å². The van der Waals surface area contributed by atoms with Crippen LogP contribution in [0.3, 0.4) is 0 Å². The minimum absolute atomic E-state index is 0.000546. The average Bonchev–Trinajstić information content (AvgIpc) is 2.99. The van der Waals surface area contributed by atoms with E-state index in [0.717, 1.165) is 0 Å². The highest BCUT2D eigenvalue weighted by Crippen LogP contribution is 2.14.